The minimum atomic E-state index is -0.621. The molecule has 2 rings (SSSR count). The van der Waals surface area contributed by atoms with E-state index in [-0.39, 0.29) is 37.0 Å². The number of piperazine rings is 1. The molecule has 1 aromatic rings. The van der Waals surface area contributed by atoms with E-state index in [4.69, 9.17) is 15.3 Å². The number of ether oxygens (including phenoxy) is 1. The number of rotatable bonds is 6. The van der Waals surface area contributed by atoms with Crippen LogP contribution >= 0.6 is 0 Å². The molecule has 1 aromatic heterocycles. The van der Waals surface area contributed by atoms with Gasteiger partial charge in [0.05, 0.1) is 23.7 Å². The van der Waals surface area contributed by atoms with Crippen molar-refractivity contribution < 1.29 is 14.5 Å². The second-order valence-electron chi connectivity index (χ2n) is 5.47. The molecule has 2 heterocycles. The predicted octanol–water partition coefficient (Wildman–Crippen LogP) is 0.517. The molecule has 27 heavy (non-hydrogen) atoms. The lowest BCUT2D eigenvalue weighted by atomic mass is 10.3. The van der Waals surface area contributed by atoms with Gasteiger partial charge in [0.2, 0.25) is 11.6 Å². The van der Waals surface area contributed by atoms with Crippen molar-refractivity contribution in [3.05, 3.63) is 16.4 Å². The zero-order chi connectivity index (χ0) is 19.8. The first-order valence-electron chi connectivity index (χ1n) is 8.18. The number of carbonyl (C=O) groups excluding carboxylic acids is 1. The molecule has 12 heteroatoms. The molecule has 1 amide bonds. The molecule has 0 aliphatic carbocycles. The van der Waals surface area contributed by atoms with Crippen LogP contribution in [0.3, 0.4) is 0 Å². The summed E-state index contributed by atoms with van der Waals surface area (Å²) in [7, 11) is 0. The summed E-state index contributed by atoms with van der Waals surface area (Å²) < 4.78 is 4.96. The van der Waals surface area contributed by atoms with Crippen LogP contribution in [0.5, 0.6) is 0 Å². The third-order valence-corrected chi connectivity index (χ3v) is 3.89. The average molecular weight is 374 g/mol. The number of carbonyl (C=O) groups is 1. The van der Waals surface area contributed by atoms with Crippen molar-refractivity contribution in [2.45, 2.75) is 6.92 Å². The standard InChI is InChI=1S/C15H18N8O4/c1-2-27-15(24)22-9-7-21(8-10-22)14-12(23(25)26)13(18-11-19-14)20(5-3-16)6-4-17/h11H,2,5-10H2,1H3. The molecule has 0 aromatic carbocycles. The molecule has 0 atom stereocenters. The number of nitrogens with zero attached hydrogens (tertiary/aromatic N) is 8. The molecule has 0 saturated carbocycles. The van der Waals surface area contributed by atoms with Gasteiger partial charge in [0.15, 0.2) is 0 Å². The second kappa shape index (κ2) is 9.15. The summed E-state index contributed by atoms with van der Waals surface area (Å²) >= 11 is 0. The van der Waals surface area contributed by atoms with Gasteiger partial charge in [-0.05, 0) is 6.92 Å². The molecule has 12 nitrogen and oxygen atoms in total. The zero-order valence-electron chi connectivity index (χ0n) is 14.7. The van der Waals surface area contributed by atoms with Crippen molar-refractivity contribution >= 4 is 23.4 Å². The topological polar surface area (TPSA) is 153 Å². The van der Waals surface area contributed by atoms with Crippen LogP contribution in [0, 0.1) is 32.8 Å². The van der Waals surface area contributed by atoms with E-state index in [2.05, 4.69) is 9.97 Å². The first-order chi connectivity index (χ1) is 13.0. The fourth-order valence-corrected chi connectivity index (χ4v) is 2.68. The summed E-state index contributed by atoms with van der Waals surface area (Å²) in [6.45, 7) is 2.86. The van der Waals surface area contributed by atoms with Crippen LogP contribution in [0.2, 0.25) is 0 Å². The lowest BCUT2D eigenvalue weighted by molar-refractivity contribution is -0.383. The van der Waals surface area contributed by atoms with Crippen LogP contribution in [0.15, 0.2) is 6.33 Å². The molecule has 1 aliphatic heterocycles. The van der Waals surface area contributed by atoms with Gasteiger partial charge >= 0.3 is 11.8 Å². The number of hydrogen-bond acceptors (Lipinski definition) is 10. The Morgan fingerprint density at radius 1 is 1.30 bits per heavy atom. The third-order valence-electron chi connectivity index (χ3n) is 3.89. The van der Waals surface area contributed by atoms with Crippen molar-refractivity contribution in [1.29, 1.82) is 10.5 Å². The van der Waals surface area contributed by atoms with E-state index in [0.717, 1.165) is 6.33 Å². The fourth-order valence-electron chi connectivity index (χ4n) is 2.68. The molecular weight excluding hydrogens is 356 g/mol. The summed E-state index contributed by atoms with van der Waals surface area (Å²) in [4.78, 5) is 35.2. The lowest BCUT2D eigenvalue weighted by Gasteiger charge is -2.34. The highest BCUT2D eigenvalue weighted by atomic mass is 16.6. The van der Waals surface area contributed by atoms with Gasteiger partial charge in [0.1, 0.15) is 19.4 Å². The summed E-state index contributed by atoms with van der Waals surface area (Å²) in [6, 6.07) is 3.73. The van der Waals surface area contributed by atoms with Crippen LogP contribution in [0.4, 0.5) is 22.1 Å². The predicted molar refractivity (Wildman–Crippen MR) is 92.9 cm³/mol. The van der Waals surface area contributed by atoms with Crippen LogP contribution in [0.25, 0.3) is 0 Å². The summed E-state index contributed by atoms with van der Waals surface area (Å²) in [5.74, 6) is 0.00955. The Balaban J connectivity index is 2.29. The first kappa shape index (κ1) is 19.7. The van der Waals surface area contributed by atoms with E-state index in [1.807, 2.05) is 12.1 Å². The minimum absolute atomic E-state index is 0.0825. The number of hydrogen-bond donors (Lipinski definition) is 0. The van der Waals surface area contributed by atoms with Gasteiger partial charge in [-0.1, -0.05) is 0 Å². The van der Waals surface area contributed by atoms with Crippen molar-refractivity contribution in [3.8, 4) is 12.1 Å². The van der Waals surface area contributed by atoms with Crippen LogP contribution in [-0.2, 0) is 4.74 Å². The minimum Gasteiger partial charge on any atom is -0.450 e. The lowest BCUT2D eigenvalue weighted by Crippen LogP contribution is -2.49. The third kappa shape index (κ3) is 4.49. The Bertz CT molecular complexity index is 763. The maximum Gasteiger partial charge on any atom is 0.409 e. The number of nitro groups is 1. The van der Waals surface area contributed by atoms with Gasteiger partial charge in [-0.2, -0.15) is 10.5 Å². The van der Waals surface area contributed by atoms with Crippen molar-refractivity contribution in [3.63, 3.8) is 0 Å². The van der Waals surface area contributed by atoms with E-state index in [0.29, 0.717) is 26.2 Å². The number of anilines is 2. The maximum atomic E-state index is 11.8. The van der Waals surface area contributed by atoms with Crippen LogP contribution in [0.1, 0.15) is 6.92 Å². The number of amides is 1. The van der Waals surface area contributed by atoms with Crippen molar-refractivity contribution in [1.82, 2.24) is 14.9 Å². The van der Waals surface area contributed by atoms with Crippen LogP contribution in [-0.4, -0.2) is 71.8 Å². The van der Waals surface area contributed by atoms with E-state index in [9.17, 15) is 14.9 Å². The average Bonchev–Trinajstić information content (AvgIpc) is 2.67. The SMILES string of the molecule is CCOC(=O)N1CCN(c2ncnc(N(CC#N)CC#N)c2[N+](=O)[O-])CC1. The largest absolute Gasteiger partial charge is 0.450 e. The summed E-state index contributed by atoms with van der Waals surface area (Å²) in [5.41, 5.74) is -0.368. The Morgan fingerprint density at radius 3 is 2.44 bits per heavy atom. The first-order valence-corrected chi connectivity index (χ1v) is 8.18. The quantitative estimate of drug-likeness (QED) is 0.391. The number of aromatic nitrogens is 2. The van der Waals surface area contributed by atoms with E-state index in [1.165, 1.54) is 9.80 Å². The van der Waals surface area contributed by atoms with E-state index in [1.54, 1.807) is 11.8 Å². The van der Waals surface area contributed by atoms with Gasteiger partial charge in [0, 0.05) is 26.2 Å². The van der Waals surface area contributed by atoms with E-state index < -0.39 is 11.0 Å². The fraction of sp³-hybridized carbons (Fsp3) is 0.533. The Labute approximate surface area is 155 Å². The van der Waals surface area contributed by atoms with Gasteiger partial charge in [-0.3, -0.25) is 10.1 Å². The molecule has 0 N–H and O–H groups in total. The Kier molecular flexibility index (Phi) is 6.66. The highest BCUT2D eigenvalue weighted by molar-refractivity contribution is 5.72. The zero-order valence-corrected chi connectivity index (χ0v) is 14.7. The molecule has 0 unspecified atom stereocenters. The van der Waals surface area contributed by atoms with Gasteiger partial charge < -0.3 is 19.4 Å². The normalized spacial score (nSPS) is 13.4. The molecule has 142 valence electrons. The molecule has 1 aliphatic rings. The highest BCUT2D eigenvalue weighted by Gasteiger charge is 2.32. The monoisotopic (exact) mass is 374 g/mol. The van der Waals surface area contributed by atoms with Gasteiger partial charge in [-0.25, -0.2) is 14.8 Å². The van der Waals surface area contributed by atoms with Gasteiger partial charge in [0.25, 0.3) is 0 Å². The molecule has 0 bridgehead atoms. The van der Waals surface area contributed by atoms with Gasteiger partial charge in [-0.15, -0.1) is 0 Å². The highest BCUT2D eigenvalue weighted by Crippen LogP contribution is 2.34. The summed E-state index contributed by atoms with van der Waals surface area (Å²) in [5, 5.41) is 29.5. The molecule has 1 fully saturated rings. The molecular formula is C15H18N8O4. The Morgan fingerprint density at radius 2 is 1.93 bits per heavy atom. The molecule has 0 spiro atoms. The van der Waals surface area contributed by atoms with Crippen molar-refractivity contribution in [2.75, 3.05) is 55.7 Å². The summed E-state index contributed by atoms with van der Waals surface area (Å²) in [6.07, 6.45) is 0.737. The van der Waals surface area contributed by atoms with E-state index >= 15 is 0 Å². The van der Waals surface area contributed by atoms with Crippen LogP contribution < -0.4 is 9.80 Å². The molecule has 0 radical (unpaired) electrons. The number of nitriles is 2. The molecule has 1 saturated heterocycles. The second-order valence-corrected chi connectivity index (χ2v) is 5.47. The maximum absolute atomic E-state index is 11.8. The van der Waals surface area contributed by atoms with Crippen molar-refractivity contribution in [2.24, 2.45) is 0 Å². The Hall–Kier alpha value is -3.67. The smallest absolute Gasteiger partial charge is 0.409 e.